The highest BCUT2D eigenvalue weighted by Gasteiger charge is 2.48. The highest BCUT2D eigenvalue weighted by Crippen LogP contribution is 2.32. The van der Waals surface area contributed by atoms with Gasteiger partial charge in [0, 0.05) is 24.4 Å². The van der Waals surface area contributed by atoms with E-state index in [4.69, 9.17) is 0 Å². The highest BCUT2D eigenvalue weighted by molar-refractivity contribution is 7.88. The summed E-state index contributed by atoms with van der Waals surface area (Å²) < 4.78 is 68.3. The first-order valence-corrected chi connectivity index (χ1v) is 9.53. The lowest BCUT2D eigenvalue weighted by Gasteiger charge is -2.10. The van der Waals surface area contributed by atoms with E-state index in [9.17, 15) is 26.4 Å². The molecule has 1 aromatic carbocycles. The van der Waals surface area contributed by atoms with E-state index in [-0.39, 0.29) is 12.8 Å². The molecule has 0 radical (unpaired) electrons. The zero-order valence-corrected chi connectivity index (χ0v) is 15.7. The molecule has 12 heteroatoms. The van der Waals surface area contributed by atoms with Crippen LogP contribution in [0.25, 0.3) is 22.4 Å². The Kier molecular flexibility index (Phi) is 5.46. The van der Waals surface area contributed by atoms with Crippen molar-refractivity contribution in [1.82, 2.24) is 15.0 Å². The summed E-state index contributed by atoms with van der Waals surface area (Å²) in [7, 11) is -4.49. The number of esters is 1. The fourth-order valence-corrected chi connectivity index (χ4v) is 3.09. The van der Waals surface area contributed by atoms with Crippen molar-refractivity contribution in [2.24, 2.45) is 0 Å². The number of alkyl halides is 3. The van der Waals surface area contributed by atoms with Gasteiger partial charge in [-0.05, 0) is 36.2 Å². The number of ether oxygens (including phenoxy) is 1. The van der Waals surface area contributed by atoms with Crippen molar-refractivity contribution in [2.75, 3.05) is 7.11 Å². The lowest BCUT2D eigenvalue weighted by atomic mass is 10.0. The van der Waals surface area contributed by atoms with Crippen LogP contribution in [0, 0.1) is 0 Å². The van der Waals surface area contributed by atoms with Gasteiger partial charge in [-0.3, -0.25) is 9.78 Å². The number of hydrogen-bond donors (Lipinski definition) is 1. The Morgan fingerprint density at radius 3 is 2.41 bits per heavy atom. The highest BCUT2D eigenvalue weighted by atomic mass is 32.2. The monoisotopic (exact) mass is 429 g/mol. The minimum Gasteiger partial charge on any atom is -0.469 e. The Morgan fingerprint density at radius 2 is 1.79 bits per heavy atom. The number of carbonyl (C=O) groups is 1. The van der Waals surface area contributed by atoms with Gasteiger partial charge in [0.25, 0.3) is 0 Å². The number of aromatic nitrogens is 3. The first-order chi connectivity index (χ1) is 13.6. The van der Waals surface area contributed by atoms with Gasteiger partial charge in [-0.2, -0.15) is 21.6 Å². The van der Waals surface area contributed by atoms with Gasteiger partial charge in [-0.1, -0.05) is 0 Å². The minimum absolute atomic E-state index is 0.0814. The van der Waals surface area contributed by atoms with E-state index in [0.717, 1.165) is 12.1 Å². The molecule has 0 amide bonds. The van der Waals surface area contributed by atoms with Crippen LogP contribution in [0.3, 0.4) is 0 Å². The average Bonchev–Trinajstić information content (AvgIpc) is 3.04. The van der Waals surface area contributed by atoms with Crippen LogP contribution in [-0.2, 0) is 26.1 Å². The molecule has 0 saturated heterocycles. The molecule has 3 aromatic rings. The molecule has 3 rings (SSSR count). The SMILES string of the molecule is COC(=O)CCc1c(-c2ccc(OS(=O)(=O)C(F)(F)F)cc2)[nH]c2nccnc12. The molecular weight excluding hydrogens is 415 g/mol. The van der Waals surface area contributed by atoms with Gasteiger partial charge in [-0.15, -0.1) is 0 Å². The Morgan fingerprint density at radius 1 is 1.14 bits per heavy atom. The summed E-state index contributed by atoms with van der Waals surface area (Å²) in [5.41, 5.74) is -2.81. The third-order valence-corrected chi connectivity index (χ3v) is 4.95. The van der Waals surface area contributed by atoms with Crippen molar-refractivity contribution in [3.05, 3.63) is 42.2 Å². The van der Waals surface area contributed by atoms with Crippen LogP contribution in [0.4, 0.5) is 13.2 Å². The molecule has 0 aliphatic heterocycles. The first kappa shape index (κ1) is 20.6. The molecule has 0 fully saturated rings. The predicted octanol–water partition coefficient (Wildman–Crippen LogP) is 2.96. The van der Waals surface area contributed by atoms with Crippen LogP contribution < -0.4 is 4.18 Å². The number of halogens is 3. The fraction of sp³-hybridized carbons (Fsp3) is 0.235. The maximum absolute atomic E-state index is 12.4. The van der Waals surface area contributed by atoms with E-state index in [2.05, 4.69) is 23.9 Å². The van der Waals surface area contributed by atoms with Crippen molar-refractivity contribution >= 4 is 27.3 Å². The van der Waals surface area contributed by atoms with Crippen LogP contribution in [-0.4, -0.2) is 42.0 Å². The van der Waals surface area contributed by atoms with Crippen molar-refractivity contribution in [3.63, 3.8) is 0 Å². The van der Waals surface area contributed by atoms with Gasteiger partial charge in [0.05, 0.1) is 12.8 Å². The number of methoxy groups -OCH3 is 1. The maximum atomic E-state index is 12.4. The zero-order valence-electron chi connectivity index (χ0n) is 14.9. The largest absolute Gasteiger partial charge is 0.534 e. The van der Waals surface area contributed by atoms with Gasteiger partial charge in [-0.25, -0.2) is 4.98 Å². The maximum Gasteiger partial charge on any atom is 0.534 e. The Hall–Kier alpha value is -3.15. The van der Waals surface area contributed by atoms with Crippen molar-refractivity contribution in [2.45, 2.75) is 18.3 Å². The number of nitrogens with zero attached hydrogens (tertiary/aromatic N) is 2. The zero-order chi connectivity index (χ0) is 21.2. The molecule has 1 N–H and O–H groups in total. The standard InChI is InChI=1S/C17H14F3N3O5S/c1-27-13(24)7-6-12-14(23-16-15(12)21-8-9-22-16)10-2-4-11(5-3-10)28-29(25,26)17(18,19)20/h2-5,8-9H,6-7H2,1H3,(H,22,23). The van der Waals surface area contributed by atoms with Crippen LogP contribution in [0.2, 0.25) is 0 Å². The van der Waals surface area contributed by atoms with E-state index in [1.165, 1.54) is 31.6 Å². The number of H-pyrrole nitrogens is 1. The Labute approximate surface area is 162 Å². The molecule has 0 spiro atoms. The number of benzene rings is 1. The van der Waals surface area contributed by atoms with Crippen LogP contribution in [0.5, 0.6) is 5.75 Å². The predicted molar refractivity (Wildman–Crippen MR) is 95.3 cm³/mol. The molecule has 0 aliphatic carbocycles. The second-order valence-corrected chi connectivity index (χ2v) is 7.35. The van der Waals surface area contributed by atoms with Crippen LogP contribution in [0.1, 0.15) is 12.0 Å². The van der Waals surface area contributed by atoms with Gasteiger partial charge in [0.1, 0.15) is 11.3 Å². The van der Waals surface area contributed by atoms with Crippen molar-refractivity contribution < 1.29 is 35.3 Å². The smallest absolute Gasteiger partial charge is 0.469 e. The van der Waals surface area contributed by atoms with Gasteiger partial charge >= 0.3 is 21.6 Å². The summed E-state index contributed by atoms with van der Waals surface area (Å²) >= 11 is 0. The average molecular weight is 429 g/mol. The lowest BCUT2D eigenvalue weighted by Crippen LogP contribution is -2.28. The topological polar surface area (TPSA) is 111 Å². The van der Waals surface area contributed by atoms with Crippen LogP contribution in [0.15, 0.2) is 36.7 Å². The molecule has 0 unspecified atom stereocenters. The molecule has 2 aromatic heterocycles. The summed E-state index contributed by atoms with van der Waals surface area (Å²) in [6, 6.07) is 4.95. The van der Waals surface area contributed by atoms with Crippen LogP contribution >= 0.6 is 0 Å². The molecule has 0 atom stereocenters. The number of aryl methyl sites for hydroxylation is 1. The van der Waals surface area contributed by atoms with Gasteiger partial charge < -0.3 is 13.9 Å². The van der Waals surface area contributed by atoms with Crippen molar-refractivity contribution in [3.8, 4) is 17.0 Å². The van der Waals surface area contributed by atoms with Crippen molar-refractivity contribution in [1.29, 1.82) is 0 Å². The number of hydrogen-bond acceptors (Lipinski definition) is 7. The minimum atomic E-state index is -5.76. The van der Waals surface area contributed by atoms with Gasteiger partial charge in [0.15, 0.2) is 5.65 Å². The second-order valence-electron chi connectivity index (χ2n) is 5.82. The Balaban J connectivity index is 1.95. The number of aromatic amines is 1. The Bertz CT molecular complexity index is 1140. The molecule has 0 saturated carbocycles. The van der Waals surface area contributed by atoms with E-state index in [1.807, 2.05) is 0 Å². The normalized spacial score (nSPS) is 12.1. The van der Waals surface area contributed by atoms with Gasteiger partial charge in [0.2, 0.25) is 0 Å². The fourth-order valence-electron chi connectivity index (χ4n) is 2.63. The third kappa shape index (κ3) is 4.31. The van der Waals surface area contributed by atoms with E-state index < -0.39 is 27.3 Å². The summed E-state index contributed by atoms with van der Waals surface area (Å²) in [5, 5.41) is 0. The molecule has 0 bridgehead atoms. The van der Waals surface area contributed by atoms with E-state index in [0.29, 0.717) is 28.0 Å². The van der Waals surface area contributed by atoms with E-state index in [1.54, 1.807) is 0 Å². The summed E-state index contributed by atoms with van der Waals surface area (Å²) in [5.74, 6) is -0.912. The summed E-state index contributed by atoms with van der Waals surface area (Å²) in [4.78, 5) is 23.0. The third-order valence-electron chi connectivity index (χ3n) is 3.97. The quantitative estimate of drug-likeness (QED) is 0.364. The number of fused-ring (bicyclic) bond motifs is 1. The number of carbonyl (C=O) groups excluding carboxylic acids is 1. The second kappa shape index (κ2) is 7.70. The van der Waals surface area contributed by atoms with E-state index >= 15 is 0 Å². The molecular formula is C17H14F3N3O5S. The molecule has 0 aliphatic rings. The first-order valence-electron chi connectivity index (χ1n) is 8.12. The molecule has 154 valence electrons. The molecule has 2 heterocycles. The summed E-state index contributed by atoms with van der Waals surface area (Å²) in [6.45, 7) is 0. The molecule has 29 heavy (non-hydrogen) atoms. The number of nitrogens with one attached hydrogen (secondary N) is 1. The number of rotatable bonds is 6. The lowest BCUT2D eigenvalue weighted by molar-refractivity contribution is -0.140. The molecule has 8 nitrogen and oxygen atoms in total. The summed E-state index contributed by atoms with van der Waals surface area (Å²) in [6.07, 6.45) is 3.33.